The fourth-order valence-corrected chi connectivity index (χ4v) is 3.47. The summed E-state index contributed by atoms with van der Waals surface area (Å²) in [6.07, 6.45) is 7.17. The van der Waals surface area contributed by atoms with E-state index in [1.54, 1.807) is 23.9 Å². The summed E-state index contributed by atoms with van der Waals surface area (Å²) in [7, 11) is 0. The first kappa shape index (κ1) is 16.8. The molecule has 0 atom stereocenters. The van der Waals surface area contributed by atoms with Gasteiger partial charge in [0.1, 0.15) is 0 Å². The molecule has 5 nitrogen and oxygen atoms in total. The van der Waals surface area contributed by atoms with Crippen LogP contribution >= 0.6 is 11.8 Å². The lowest BCUT2D eigenvalue weighted by Crippen LogP contribution is -2.35. The number of carbonyl (C=O) groups is 1. The van der Waals surface area contributed by atoms with Crippen LogP contribution in [0, 0.1) is 10.1 Å². The molecule has 1 saturated carbocycles. The Labute approximate surface area is 135 Å². The maximum Gasteiger partial charge on any atom is 0.269 e. The lowest BCUT2D eigenvalue weighted by molar-refractivity contribution is -0.384. The van der Waals surface area contributed by atoms with Gasteiger partial charge in [0.25, 0.3) is 5.69 Å². The number of non-ortho nitro benzene ring substituents is 1. The molecule has 2 rings (SSSR count). The lowest BCUT2D eigenvalue weighted by atomic mass is 10.1. The molecule has 0 bridgehead atoms. The summed E-state index contributed by atoms with van der Waals surface area (Å²) < 4.78 is 0. The average molecular weight is 322 g/mol. The van der Waals surface area contributed by atoms with Crippen LogP contribution in [-0.4, -0.2) is 22.6 Å². The minimum Gasteiger partial charge on any atom is -0.353 e. The number of benzene rings is 1. The van der Waals surface area contributed by atoms with Crippen molar-refractivity contribution in [3.63, 3.8) is 0 Å². The molecule has 1 aliphatic rings. The summed E-state index contributed by atoms with van der Waals surface area (Å²) in [6.45, 7) is 0. The first-order valence-electron chi connectivity index (χ1n) is 7.75. The van der Waals surface area contributed by atoms with Crippen molar-refractivity contribution in [1.29, 1.82) is 0 Å². The zero-order valence-corrected chi connectivity index (χ0v) is 13.4. The molecule has 0 aromatic heterocycles. The Kier molecular flexibility index (Phi) is 6.71. The number of hydrogen-bond acceptors (Lipinski definition) is 4. The second kappa shape index (κ2) is 8.78. The van der Waals surface area contributed by atoms with Gasteiger partial charge in [-0.1, -0.05) is 37.8 Å². The third-order valence-corrected chi connectivity index (χ3v) is 4.87. The SMILES string of the molecule is O=C(CSCc1ccc([N+](=O)[O-])cc1)NC1CCCCCC1. The molecule has 0 heterocycles. The van der Waals surface area contributed by atoms with Crippen molar-refractivity contribution in [3.05, 3.63) is 39.9 Å². The summed E-state index contributed by atoms with van der Waals surface area (Å²) in [5.41, 5.74) is 1.10. The van der Waals surface area contributed by atoms with Gasteiger partial charge in [-0.05, 0) is 18.4 Å². The molecule has 1 fully saturated rings. The van der Waals surface area contributed by atoms with Crippen molar-refractivity contribution in [2.45, 2.75) is 50.3 Å². The summed E-state index contributed by atoms with van der Waals surface area (Å²) in [5.74, 6) is 1.22. The molecule has 120 valence electrons. The van der Waals surface area contributed by atoms with E-state index in [0.717, 1.165) is 18.4 Å². The Hall–Kier alpha value is -1.56. The van der Waals surface area contributed by atoms with Crippen molar-refractivity contribution >= 4 is 23.4 Å². The maximum absolute atomic E-state index is 11.9. The molecule has 0 aliphatic heterocycles. The third kappa shape index (κ3) is 5.67. The van der Waals surface area contributed by atoms with Crippen LogP contribution < -0.4 is 5.32 Å². The van der Waals surface area contributed by atoms with Crippen LogP contribution in [0.5, 0.6) is 0 Å². The van der Waals surface area contributed by atoms with Crippen LogP contribution in [0.25, 0.3) is 0 Å². The maximum atomic E-state index is 11.9. The predicted octanol–water partition coefficient (Wildman–Crippen LogP) is 3.67. The zero-order chi connectivity index (χ0) is 15.8. The van der Waals surface area contributed by atoms with E-state index in [1.165, 1.54) is 37.8 Å². The summed E-state index contributed by atoms with van der Waals surface area (Å²) in [6, 6.07) is 6.83. The van der Waals surface area contributed by atoms with Crippen LogP contribution in [0.1, 0.15) is 44.1 Å². The number of hydrogen-bond donors (Lipinski definition) is 1. The molecule has 0 spiro atoms. The monoisotopic (exact) mass is 322 g/mol. The van der Waals surface area contributed by atoms with Crippen LogP contribution in [-0.2, 0) is 10.5 Å². The highest BCUT2D eigenvalue weighted by molar-refractivity contribution is 7.99. The fourth-order valence-electron chi connectivity index (χ4n) is 2.67. The fraction of sp³-hybridized carbons (Fsp3) is 0.562. The molecular weight excluding hydrogens is 300 g/mol. The Balaban J connectivity index is 1.68. The largest absolute Gasteiger partial charge is 0.353 e. The van der Waals surface area contributed by atoms with E-state index in [9.17, 15) is 14.9 Å². The van der Waals surface area contributed by atoms with Gasteiger partial charge in [0.05, 0.1) is 10.7 Å². The Morgan fingerprint density at radius 2 is 1.82 bits per heavy atom. The first-order valence-corrected chi connectivity index (χ1v) is 8.91. The van der Waals surface area contributed by atoms with Crippen molar-refractivity contribution in [2.75, 3.05) is 5.75 Å². The molecule has 0 radical (unpaired) electrons. The number of nitro groups is 1. The molecule has 0 unspecified atom stereocenters. The molecule has 1 N–H and O–H groups in total. The van der Waals surface area contributed by atoms with Gasteiger partial charge in [0.2, 0.25) is 5.91 Å². The van der Waals surface area contributed by atoms with Crippen LogP contribution in [0.15, 0.2) is 24.3 Å². The molecule has 22 heavy (non-hydrogen) atoms. The van der Waals surface area contributed by atoms with Crippen molar-refractivity contribution in [2.24, 2.45) is 0 Å². The quantitative estimate of drug-likeness (QED) is 0.493. The van der Waals surface area contributed by atoms with E-state index in [-0.39, 0.29) is 11.6 Å². The number of thioether (sulfide) groups is 1. The molecule has 0 saturated heterocycles. The van der Waals surface area contributed by atoms with Gasteiger partial charge in [-0.3, -0.25) is 14.9 Å². The van der Waals surface area contributed by atoms with Crippen LogP contribution in [0.3, 0.4) is 0 Å². The zero-order valence-electron chi connectivity index (χ0n) is 12.6. The second-order valence-corrected chi connectivity index (χ2v) is 6.66. The summed E-state index contributed by atoms with van der Waals surface area (Å²) in [4.78, 5) is 22.1. The Bertz CT molecular complexity index is 497. The number of nitrogens with one attached hydrogen (secondary N) is 1. The number of amides is 1. The van der Waals surface area contributed by atoms with E-state index in [4.69, 9.17) is 0 Å². The van der Waals surface area contributed by atoms with Gasteiger partial charge in [0, 0.05) is 23.9 Å². The van der Waals surface area contributed by atoms with Gasteiger partial charge in [-0.15, -0.1) is 11.8 Å². The average Bonchev–Trinajstić information content (AvgIpc) is 2.76. The van der Waals surface area contributed by atoms with Crippen molar-refractivity contribution in [1.82, 2.24) is 5.32 Å². The van der Waals surface area contributed by atoms with Crippen LogP contribution in [0.4, 0.5) is 5.69 Å². The number of nitrogens with zero attached hydrogens (tertiary/aromatic N) is 1. The van der Waals surface area contributed by atoms with Gasteiger partial charge in [-0.2, -0.15) is 0 Å². The summed E-state index contributed by atoms with van der Waals surface area (Å²) in [5, 5.41) is 13.7. The predicted molar refractivity (Wildman–Crippen MR) is 88.9 cm³/mol. The molecule has 1 aromatic rings. The second-order valence-electron chi connectivity index (χ2n) is 5.67. The Morgan fingerprint density at radius 1 is 1.18 bits per heavy atom. The number of nitro benzene ring substituents is 1. The first-order chi connectivity index (χ1) is 10.6. The molecule has 1 amide bonds. The van der Waals surface area contributed by atoms with Gasteiger partial charge >= 0.3 is 0 Å². The lowest BCUT2D eigenvalue weighted by Gasteiger charge is -2.15. The smallest absolute Gasteiger partial charge is 0.269 e. The van der Waals surface area contributed by atoms with E-state index < -0.39 is 4.92 Å². The van der Waals surface area contributed by atoms with E-state index in [1.807, 2.05) is 0 Å². The van der Waals surface area contributed by atoms with E-state index >= 15 is 0 Å². The highest BCUT2D eigenvalue weighted by Crippen LogP contribution is 2.19. The van der Waals surface area contributed by atoms with Gasteiger partial charge in [0.15, 0.2) is 0 Å². The molecular formula is C16H22N2O3S. The topological polar surface area (TPSA) is 72.2 Å². The van der Waals surface area contributed by atoms with E-state index in [0.29, 0.717) is 17.5 Å². The van der Waals surface area contributed by atoms with Crippen molar-refractivity contribution in [3.8, 4) is 0 Å². The van der Waals surface area contributed by atoms with Crippen LogP contribution in [0.2, 0.25) is 0 Å². The minimum absolute atomic E-state index is 0.0961. The van der Waals surface area contributed by atoms with Gasteiger partial charge in [-0.25, -0.2) is 0 Å². The standard InChI is InChI=1S/C16H22N2O3S/c19-16(17-14-5-3-1-2-4-6-14)12-22-11-13-7-9-15(10-8-13)18(20)21/h7-10,14H,1-6,11-12H2,(H,17,19). The minimum atomic E-state index is -0.406. The Morgan fingerprint density at radius 3 is 2.41 bits per heavy atom. The molecule has 1 aromatic carbocycles. The number of rotatable bonds is 6. The van der Waals surface area contributed by atoms with E-state index in [2.05, 4.69) is 5.32 Å². The highest BCUT2D eigenvalue weighted by Gasteiger charge is 2.14. The number of carbonyl (C=O) groups excluding carboxylic acids is 1. The van der Waals surface area contributed by atoms with Crippen molar-refractivity contribution < 1.29 is 9.72 Å². The molecule has 1 aliphatic carbocycles. The highest BCUT2D eigenvalue weighted by atomic mass is 32.2. The summed E-state index contributed by atoms with van der Waals surface area (Å²) >= 11 is 1.54. The van der Waals surface area contributed by atoms with Gasteiger partial charge < -0.3 is 5.32 Å². The third-order valence-electron chi connectivity index (χ3n) is 3.87. The molecule has 6 heteroatoms. The normalized spacial score (nSPS) is 16.0.